The van der Waals surface area contributed by atoms with Crippen LogP contribution in [-0.4, -0.2) is 81.7 Å². The van der Waals surface area contributed by atoms with Crippen LogP contribution >= 0.6 is 0 Å². The van der Waals surface area contributed by atoms with Gasteiger partial charge in [-0.1, -0.05) is 0 Å². The minimum atomic E-state index is -1.47. The molecular formula is C12H21N5O5. The van der Waals surface area contributed by atoms with Crippen LogP contribution in [0.2, 0.25) is 0 Å². The molecular weight excluding hydrogens is 294 g/mol. The van der Waals surface area contributed by atoms with E-state index in [9.17, 15) is 15.3 Å². The van der Waals surface area contributed by atoms with Gasteiger partial charge in [0.15, 0.2) is 12.0 Å². The molecule has 0 unspecified atom stereocenters. The zero-order valence-electron chi connectivity index (χ0n) is 12.3. The Labute approximate surface area is 127 Å². The van der Waals surface area contributed by atoms with E-state index in [2.05, 4.69) is 15.3 Å². The summed E-state index contributed by atoms with van der Waals surface area (Å²) < 4.78 is 5.34. The summed E-state index contributed by atoms with van der Waals surface area (Å²) in [4.78, 5) is 9.87. The Bertz CT molecular complexity index is 515. The van der Waals surface area contributed by atoms with E-state index in [1.165, 1.54) is 6.20 Å². The number of aliphatic hydroxyl groups excluding tert-OH is 4. The third-order valence-corrected chi connectivity index (χ3v) is 3.38. The first-order chi connectivity index (χ1) is 10.3. The van der Waals surface area contributed by atoms with Gasteiger partial charge < -0.3 is 41.1 Å². The zero-order valence-corrected chi connectivity index (χ0v) is 12.3. The summed E-state index contributed by atoms with van der Waals surface area (Å²) >= 11 is 0. The van der Waals surface area contributed by atoms with Crippen molar-refractivity contribution in [2.75, 3.05) is 36.7 Å². The van der Waals surface area contributed by atoms with Crippen LogP contribution in [0.5, 0.6) is 0 Å². The minimum Gasteiger partial charge on any atom is -0.394 e. The third-order valence-electron chi connectivity index (χ3n) is 3.38. The molecule has 5 atom stereocenters. The smallest absolute Gasteiger partial charge is 0.226 e. The largest absolute Gasteiger partial charge is 0.394 e. The number of aromatic nitrogens is 2. The molecule has 7 N–H and O–H groups in total. The number of nitrogens with zero attached hydrogens (tertiary/aromatic N) is 3. The lowest BCUT2D eigenvalue weighted by atomic mass is 9.98. The van der Waals surface area contributed by atoms with Crippen LogP contribution in [0.3, 0.4) is 0 Å². The van der Waals surface area contributed by atoms with E-state index in [0.29, 0.717) is 5.95 Å². The molecule has 0 saturated carbocycles. The van der Waals surface area contributed by atoms with Crippen molar-refractivity contribution in [3.05, 3.63) is 6.20 Å². The number of hydrogen-bond donors (Lipinski definition) is 6. The quantitative estimate of drug-likeness (QED) is 0.346. The highest BCUT2D eigenvalue weighted by Gasteiger charge is 2.43. The van der Waals surface area contributed by atoms with E-state index in [-0.39, 0.29) is 11.5 Å². The minimum absolute atomic E-state index is 0.211. The van der Waals surface area contributed by atoms with Crippen molar-refractivity contribution in [2.24, 2.45) is 0 Å². The SMILES string of the molecule is CN(C)c1ncc(N)c(N[C@@H]2O[C@H](CO)[C@@H](O)[C@H](O)[C@H]2O)n1. The van der Waals surface area contributed by atoms with Crippen LogP contribution in [0.15, 0.2) is 6.20 Å². The lowest BCUT2D eigenvalue weighted by Gasteiger charge is -2.40. The Morgan fingerprint density at radius 3 is 2.55 bits per heavy atom. The Hall–Kier alpha value is -1.72. The maximum atomic E-state index is 9.98. The fourth-order valence-corrected chi connectivity index (χ4v) is 2.07. The molecule has 1 aliphatic rings. The van der Waals surface area contributed by atoms with Crippen LogP contribution in [0.4, 0.5) is 17.5 Å². The molecule has 22 heavy (non-hydrogen) atoms. The van der Waals surface area contributed by atoms with Gasteiger partial charge in [-0.15, -0.1) is 0 Å². The molecule has 0 radical (unpaired) electrons. The number of nitrogen functional groups attached to an aromatic ring is 1. The number of nitrogens with two attached hydrogens (primary N) is 1. The Kier molecular flexibility index (Phi) is 4.98. The van der Waals surface area contributed by atoms with Crippen LogP contribution in [-0.2, 0) is 4.74 Å². The van der Waals surface area contributed by atoms with Crippen molar-refractivity contribution in [1.29, 1.82) is 0 Å². The number of hydrogen-bond acceptors (Lipinski definition) is 10. The first-order valence-electron chi connectivity index (χ1n) is 6.72. The van der Waals surface area contributed by atoms with E-state index in [0.717, 1.165) is 0 Å². The van der Waals surface area contributed by atoms with Crippen LogP contribution < -0.4 is 16.0 Å². The highest BCUT2D eigenvalue weighted by molar-refractivity contribution is 5.62. The second-order valence-corrected chi connectivity index (χ2v) is 5.26. The van der Waals surface area contributed by atoms with Gasteiger partial charge in [-0.3, -0.25) is 0 Å². The maximum Gasteiger partial charge on any atom is 0.226 e. The Balaban J connectivity index is 2.20. The summed E-state index contributed by atoms with van der Waals surface area (Å²) in [5.41, 5.74) is 6.00. The summed E-state index contributed by atoms with van der Waals surface area (Å²) in [6, 6.07) is 0. The van der Waals surface area contributed by atoms with Crippen molar-refractivity contribution in [3.8, 4) is 0 Å². The normalized spacial score (nSPS) is 31.8. The number of anilines is 3. The number of aliphatic hydroxyl groups is 4. The summed E-state index contributed by atoms with van der Waals surface area (Å²) in [7, 11) is 3.51. The summed E-state index contributed by atoms with van der Waals surface area (Å²) in [6.07, 6.45) is -5.02. The Morgan fingerprint density at radius 2 is 1.95 bits per heavy atom. The molecule has 1 aromatic rings. The molecule has 0 aromatic carbocycles. The van der Waals surface area contributed by atoms with Gasteiger partial charge in [-0.25, -0.2) is 4.98 Å². The highest BCUT2D eigenvalue weighted by atomic mass is 16.6. The molecule has 0 aliphatic carbocycles. The van der Waals surface area contributed by atoms with Crippen molar-refractivity contribution in [1.82, 2.24) is 9.97 Å². The van der Waals surface area contributed by atoms with Crippen molar-refractivity contribution >= 4 is 17.5 Å². The van der Waals surface area contributed by atoms with Gasteiger partial charge in [0, 0.05) is 14.1 Å². The zero-order chi connectivity index (χ0) is 16.4. The highest BCUT2D eigenvalue weighted by Crippen LogP contribution is 2.25. The first kappa shape index (κ1) is 16.6. The van der Waals surface area contributed by atoms with Gasteiger partial charge in [0.05, 0.1) is 18.5 Å². The second-order valence-electron chi connectivity index (χ2n) is 5.26. The molecule has 0 spiro atoms. The van der Waals surface area contributed by atoms with E-state index in [4.69, 9.17) is 15.6 Å². The molecule has 0 bridgehead atoms. The van der Waals surface area contributed by atoms with Gasteiger partial charge in [0.2, 0.25) is 5.95 Å². The maximum absolute atomic E-state index is 9.98. The first-order valence-corrected chi connectivity index (χ1v) is 6.72. The van der Waals surface area contributed by atoms with E-state index < -0.39 is 37.3 Å². The van der Waals surface area contributed by atoms with E-state index in [1.807, 2.05) is 0 Å². The molecule has 2 heterocycles. The topological polar surface area (TPSA) is 157 Å². The molecule has 0 amide bonds. The fraction of sp³-hybridized carbons (Fsp3) is 0.667. The summed E-state index contributed by atoms with van der Waals surface area (Å²) in [6.45, 7) is -0.509. The van der Waals surface area contributed by atoms with Gasteiger partial charge in [0.25, 0.3) is 0 Å². The molecule has 1 aliphatic heterocycles. The molecule has 2 rings (SSSR count). The van der Waals surface area contributed by atoms with Crippen molar-refractivity contribution in [3.63, 3.8) is 0 Å². The van der Waals surface area contributed by atoms with E-state index >= 15 is 0 Å². The van der Waals surface area contributed by atoms with Gasteiger partial charge in [-0.05, 0) is 0 Å². The monoisotopic (exact) mass is 315 g/mol. The average molecular weight is 315 g/mol. The molecule has 124 valence electrons. The van der Waals surface area contributed by atoms with E-state index in [1.54, 1.807) is 19.0 Å². The fourth-order valence-electron chi connectivity index (χ4n) is 2.07. The van der Waals surface area contributed by atoms with Crippen molar-refractivity contribution < 1.29 is 25.2 Å². The van der Waals surface area contributed by atoms with Gasteiger partial charge in [0.1, 0.15) is 24.4 Å². The van der Waals surface area contributed by atoms with Crippen LogP contribution in [0.25, 0.3) is 0 Å². The number of ether oxygens (including phenoxy) is 1. The molecule has 1 fully saturated rings. The summed E-state index contributed by atoms with van der Waals surface area (Å²) in [5, 5.41) is 41.4. The van der Waals surface area contributed by atoms with Crippen molar-refractivity contribution in [2.45, 2.75) is 30.6 Å². The molecule has 1 aromatic heterocycles. The number of nitrogens with one attached hydrogen (secondary N) is 1. The lowest BCUT2D eigenvalue weighted by Crippen LogP contribution is -2.60. The number of rotatable bonds is 4. The Morgan fingerprint density at radius 1 is 1.27 bits per heavy atom. The lowest BCUT2D eigenvalue weighted by molar-refractivity contribution is -0.221. The average Bonchev–Trinajstić information content (AvgIpc) is 2.49. The van der Waals surface area contributed by atoms with Crippen LogP contribution in [0, 0.1) is 0 Å². The van der Waals surface area contributed by atoms with Gasteiger partial charge in [-0.2, -0.15) is 4.98 Å². The molecule has 10 heteroatoms. The predicted octanol–water partition coefficient (Wildman–Crippen LogP) is -2.66. The second kappa shape index (κ2) is 6.58. The molecule has 1 saturated heterocycles. The summed E-state index contributed by atoms with van der Waals surface area (Å²) in [5.74, 6) is 0.601. The standard InChI is InChI=1S/C12H21N5O5/c1-17(2)12-14-3-5(13)10(16-12)15-11-9(21)8(20)7(19)6(4-18)22-11/h3,6-9,11,18-21H,4,13H2,1-2H3,(H,14,15,16)/t6-,7-,8+,9-,11-/m1/s1. The predicted molar refractivity (Wildman–Crippen MR) is 78.2 cm³/mol. The van der Waals surface area contributed by atoms with Crippen LogP contribution in [0.1, 0.15) is 0 Å². The molecule has 10 nitrogen and oxygen atoms in total. The third kappa shape index (κ3) is 3.20. The van der Waals surface area contributed by atoms with Gasteiger partial charge >= 0.3 is 0 Å².